The van der Waals surface area contributed by atoms with Crippen LogP contribution in [0.3, 0.4) is 0 Å². The van der Waals surface area contributed by atoms with Gasteiger partial charge in [-0.1, -0.05) is 250 Å². The van der Waals surface area contributed by atoms with Gasteiger partial charge in [0.05, 0.1) is 20.3 Å². The summed E-state index contributed by atoms with van der Waals surface area (Å²) < 4.78 is 187. The van der Waals surface area contributed by atoms with Crippen molar-refractivity contribution in [1.29, 1.82) is 0 Å². The predicted octanol–water partition coefficient (Wildman–Crippen LogP) is 26.2. The molecule has 0 saturated carbocycles. The van der Waals surface area contributed by atoms with Gasteiger partial charge in [0, 0.05) is 18.1 Å². The zero-order valence-corrected chi connectivity index (χ0v) is 53.9. The van der Waals surface area contributed by atoms with Crippen molar-refractivity contribution in [3.63, 3.8) is 0 Å². The van der Waals surface area contributed by atoms with Crippen LogP contribution in [0, 0.1) is 76.1 Å². The Morgan fingerprint density at radius 1 is 0.366 bits per heavy atom. The van der Waals surface area contributed by atoms with Gasteiger partial charge >= 0.3 is 17.5 Å². The lowest BCUT2D eigenvalue weighted by atomic mass is 9.16. The van der Waals surface area contributed by atoms with Crippen molar-refractivity contribution in [2.75, 3.05) is 6.16 Å². The summed E-state index contributed by atoms with van der Waals surface area (Å²) in [6.45, 7) is 25.2. The van der Waals surface area contributed by atoms with Crippen molar-refractivity contribution in [2.24, 2.45) is 29.6 Å². The molecule has 0 N–H and O–H groups in total. The molecule has 482 valence electrons. The summed E-state index contributed by atoms with van der Waals surface area (Å²) in [6, 6.07) is 0.665. The van der Waals surface area contributed by atoms with E-state index in [-0.39, 0.29) is 24.6 Å². The van der Waals surface area contributed by atoms with Crippen molar-refractivity contribution in [3.05, 3.63) is 58.7 Å². The molecule has 0 saturated heterocycles. The molecule has 16 heteroatoms. The maximum absolute atomic E-state index is 13.9. The lowest BCUT2D eigenvalue weighted by molar-refractivity contribution is -0.280. The Kier molecular flexibility index (Phi) is 42.5. The highest BCUT2D eigenvalue weighted by atomic mass is 31.1. The molecule has 0 aliphatic heterocycles. The lowest BCUT2D eigenvalue weighted by Crippen LogP contribution is -2.52. The van der Waals surface area contributed by atoms with Gasteiger partial charge in [0.15, 0.2) is 40.7 Å². The summed E-state index contributed by atoms with van der Waals surface area (Å²) in [5.74, 6) is -23.4. The van der Waals surface area contributed by atoms with Crippen molar-refractivity contribution < 1.29 is 61.5 Å². The highest BCUT2D eigenvalue weighted by Gasteiger charge is 2.74. The minimum atomic E-state index is -5.26. The second kappa shape index (κ2) is 43.6. The van der Waals surface area contributed by atoms with E-state index in [0.717, 1.165) is 55.8 Å². The predicted molar refractivity (Wildman–Crippen MR) is 324 cm³/mol. The first-order valence-corrected chi connectivity index (χ1v) is 34.0. The van der Waals surface area contributed by atoms with Crippen LogP contribution < -0.4 is 0 Å². The molecule has 0 bridgehead atoms. The molecule has 0 aromatic heterocycles. The largest absolute Gasteiger partial charge is 0.417 e. The van der Waals surface area contributed by atoms with Gasteiger partial charge < -0.3 is 0 Å². The smallest absolute Gasteiger partial charge is 0.204 e. The highest BCUT2D eigenvalue weighted by molar-refractivity contribution is 7.39. The number of unbranched alkanes of at least 4 members (excludes halogenated alkanes) is 8. The van der Waals surface area contributed by atoms with Crippen LogP contribution >= 0.6 is 8.58 Å². The molecular weight excluding hydrogens is 1100 g/mol. The number of benzene rings is 2. The minimum Gasteiger partial charge on any atom is -0.204 e. The Morgan fingerprint density at radius 3 is 1.02 bits per heavy atom. The Hall–Kier alpha value is -2.05. The van der Waals surface area contributed by atoms with E-state index in [1.165, 1.54) is 128 Å². The molecule has 6 atom stereocenters. The Balaban J connectivity index is 0.00000126. The minimum absolute atomic E-state index is 0.0727. The van der Waals surface area contributed by atoms with Crippen LogP contribution in [0.1, 0.15) is 269 Å². The molecule has 0 heterocycles. The van der Waals surface area contributed by atoms with Gasteiger partial charge in [-0.3, -0.25) is 0 Å². The maximum Gasteiger partial charge on any atom is 0.417 e. The monoisotopic (exact) mass is 1210 g/mol. The fraction of sp³-hybridized carbons (Fsp3) is 0.818. The lowest BCUT2D eigenvalue weighted by Gasteiger charge is -2.44. The van der Waals surface area contributed by atoms with E-state index in [2.05, 4.69) is 55.4 Å². The van der Waals surface area contributed by atoms with Gasteiger partial charge in [-0.15, -0.1) is 0 Å². The Bertz CT molecular complexity index is 1830. The van der Waals surface area contributed by atoms with Crippen molar-refractivity contribution in [3.8, 4) is 11.1 Å². The summed E-state index contributed by atoms with van der Waals surface area (Å²) in [6.07, 6.45) is 39.4. The molecule has 2 rings (SSSR count). The third-order valence-electron chi connectivity index (χ3n) is 18.2. The summed E-state index contributed by atoms with van der Waals surface area (Å²) in [4.78, 5) is 0. The second-order valence-corrected chi connectivity index (χ2v) is 26.0. The zero-order valence-electron chi connectivity index (χ0n) is 52.7. The molecule has 6 unspecified atom stereocenters. The number of alkyl halides is 6. The molecule has 0 aliphatic carbocycles. The summed E-state index contributed by atoms with van der Waals surface area (Å²) >= 11 is 0. The average molecular weight is 1210 g/mol. The van der Waals surface area contributed by atoms with E-state index in [1.807, 2.05) is 20.8 Å². The normalized spacial score (nSPS) is 14.9. The van der Waals surface area contributed by atoms with Crippen molar-refractivity contribution in [2.45, 2.75) is 312 Å². The summed E-state index contributed by atoms with van der Waals surface area (Å²) in [5, 5.41) is 0. The van der Waals surface area contributed by atoms with Crippen LogP contribution in [0.2, 0.25) is 25.3 Å². The SMILES string of the molecule is CCCCC(CC)CC[B-](CCC(CC)CCCC)(CCC(CC)CCCC)CCC(CC)CCCC.CCCCCCC(F)(F)C(F)(F)C(F)(F)[PH2+]CCC(CC)CCCC.Fc1ccc(-c2c(F)c(F)c(F)c(F)c2F)c(F)c1F. The van der Waals surface area contributed by atoms with Gasteiger partial charge in [0.25, 0.3) is 0 Å². The number of hydrogen-bond donors (Lipinski definition) is 0. The van der Waals surface area contributed by atoms with Gasteiger partial charge in [-0.2, -0.15) is 51.6 Å². The topological polar surface area (TPSA) is 0 Å². The van der Waals surface area contributed by atoms with E-state index in [9.17, 15) is 61.5 Å². The summed E-state index contributed by atoms with van der Waals surface area (Å²) in [5.41, 5.74) is -7.54. The van der Waals surface area contributed by atoms with Gasteiger partial charge in [0.1, 0.15) is 0 Å². The molecule has 0 amide bonds. The first-order chi connectivity index (χ1) is 38.8. The molecule has 0 spiro atoms. The van der Waals surface area contributed by atoms with Crippen LogP contribution in [-0.2, 0) is 0 Å². The number of halogens is 14. The first-order valence-electron chi connectivity index (χ1n) is 32.6. The molecule has 82 heavy (non-hydrogen) atoms. The molecule has 0 radical (unpaired) electrons. The standard InChI is InChI=1S/C36H76B.C18H33F6P.C12H2F8/c1-9-17-21-33(13-5)25-29-37(30-26-34(14-6)22-18-10-2,31-27-35(15-7)23-19-11-3)32-28-36(16-8)24-20-12-4;1-4-7-9-10-13-16(19,20)17(21,22)18(23,24)25-14-12-15(6-3)11-8-5-2;13-4-2-1-3(6(14)7(4)15)5-8(16)10(18)12(20)11(19)9(5)17/h33-36H,9-32H2,1-8H3;15,25H,4-14H2,1-3H3;1-2H/q-1;;/p+1. The van der Waals surface area contributed by atoms with E-state index in [4.69, 9.17) is 0 Å². The maximum atomic E-state index is 13.9. The molecule has 0 aliphatic rings. The number of hydrogen-bond acceptors (Lipinski definition) is 0. The van der Waals surface area contributed by atoms with E-state index >= 15 is 0 Å². The Labute approximate surface area is 491 Å². The zero-order chi connectivity index (χ0) is 62.5. The third kappa shape index (κ3) is 27.8. The van der Waals surface area contributed by atoms with Gasteiger partial charge in [0.2, 0.25) is 5.82 Å². The third-order valence-corrected chi connectivity index (χ3v) is 19.7. The van der Waals surface area contributed by atoms with E-state index in [1.54, 1.807) is 25.3 Å². The number of rotatable bonds is 44. The molecule has 2 aromatic carbocycles. The molecule has 2 aromatic rings. The summed E-state index contributed by atoms with van der Waals surface area (Å²) in [7, 11) is -2.04. The van der Waals surface area contributed by atoms with E-state index < -0.39 is 90.2 Å². The first kappa shape index (κ1) is 80.0. The average Bonchev–Trinajstić information content (AvgIpc) is 3.57. The van der Waals surface area contributed by atoms with Crippen molar-refractivity contribution in [1.82, 2.24) is 0 Å². The molecular formula is C66H112BF14P. The highest BCUT2D eigenvalue weighted by Crippen LogP contribution is 2.56. The van der Waals surface area contributed by atoms with Crippen LogP contribution in [0.15, 0.2) is 12.1 Å². The fourth-order valence-electron chi connectivity index (χ4n) is 11.8. The van der Waals surface area contributed by atoms with Gasteiger partial charge in [-0.05, 0) is 54.6 Å². The van der Waals surface area contributed by atoms with Gasteiger partial charge in [-0.25, -0.2) is 35.1 Å². The van der Waals surface area contributed by atoms with Crippen LogP contribution in [-0.4, -0.2) is 29.8 Å². The van der Waals surface area contributed by atoms with E-state index in [0.29, 0.717) is 31.4 Å². The Morgan fingerprint density at radius 2 is 0.695 bits per heavy atom. The quantitative estimate of drug-likeness (QED) is 0.0155. The van der Waals surface area contributed by atoms with Crippen LogP contribution in [0.4, 0.5) is 61.5 Å². The van der Waals surface area contributed by atoms with Crippen LogP contribution in [0.5, 0.6) is 0 Å². The second-order valence-electron chi connectivity index (χ2n) is 24.3. The van der Waals surface area contributed by atoms with Crippen molar-refractivity contribution >= 4 is 14.7 Å². The fourth-order valence-corrected chi connectivity index (χ4v) is 13.3. The van der Waals surface area contributed by atoms with Crippen LogP contribution in [0.25, 0.3) is 11.1 Å². The molecule has 0 fully saturated rings. The molecule has 0 nitrogen and oxygen atoms in total.